The SMILES string of the molecule is COCC1CCN(C(=O)c2c[nH]c3ccccc23)C1. The molecule has 4 heteroatoms. The molecule has 3 rings (SSSR count). The van der Waals surface area contributed by atoms with Crippen LogP contribution in [0.25, 0.3) is 10.9 Å². The molecule has 1 amide bonds. The van der Waals surface area contributed by atoms with Crippen LogP contribution in [0.1, 0.15) is 16.8 Å². The Morgan fingerprint density at radius 3 is 3.16 bits per heavy atom. The number of benzene rings is 1. The molecule has 1 aromatic heterocycles. The first-order valence-corrected chi connectivity index (χ1v) is 6.64. The third-order valence-electron chi connectivity index (χ3n) is 3.80. The summed E-state index contributed by atoms with van der Waals surface area (Å²) in [6, 6.07) is 7.91. The molecule has 0 aliphatic carbocycles. The van der Waals surface area contributed by atoms with Gasteiger partial charge in [-0.15, -0.1) is 0 Å². The van der Waals surface area contributed by atoms with E-state index >= 15 is 0 Å². The first-order chi connectivity index (χ1) is 9.29. The average molecular weight is 258 g/mol. The highest BCUT2D eigenvalue weighted by molar-refractivity contribution is 6.06. The number of carbonyl (C=O) groups excluding carboxylic acids is 1. The van der Waals surface area contributed by atoms with E-state index < -0.39 is 0 Å². The number of likely N-dealkylation sites (tertiary alicyclic amines) is 1. The lowest BCUT2D eigenvalue weighted by Crippen LogP contribution is -2.29. The Balaban J connectivity index is 1.81. The minimum Gasteiger partial charge on any atom is -0.384 e. The first-order valence-electron chi connectivity index (χ1n) is 6.64. The predicted octanol–water partition coefficient (Wildman–Crippen LogP) is 2.28. The van der Waals surface area contributed by atoms with Gasteiger partial charge in [0.2, 0.25) is 0 Å². The van der Waals surface area contributed by atoms with E-state index in [4.69, 9.17) is 4.74 Å². The molecule has 0 radical (unpaired) electrons. The van der Waals surface area contributed by atoms with Gasteiger partial charge in [0.1, 0.15) is 0 Å². The first kappa shape index (κ1) is 12.2. The lowest BCUT2D eigenvalue weighted by Gasteiger charge is -2.15. The van der Waals surface area contributed by atoms with Crippen LogP contribution in [0.2, 0.25) is 0 Å². The Kier molecular flexibility index (Phi) is 3.25. The highest BCUT2D eigenvalue weighted by Gasteiger charge is 2.27. The van der Waals surface area contributed by atoms with E-state index in [0.717, 1.165) is 42.6 Å². The fourth-order valence-electron chi connectivity index (χ4n) is 2.81. The Bertz CT molecular complexity index is 591. The number of ether oxygens (including phenoxy) is 1. The molecular formula is C15H18N2O2. The van der Waals surface area contributed by atoms with Crippen LogP contribution in [-0.4, -0.2) is 42.6 Å². The van der Waals surface area contributed by atoms with Gasteiger partial charge in [-0.25, -0.2) is 0 Å². The van der Waals surface area contributed by atoms with E-state index in [-0.39, 0.29) is 5.91 Å². The minimum absolute atomic E-state index is 0.121. The van der Waals surface area contributed by atoms with Gasteiger partial charge in [-0.1, -0.05) is 18.2 Å². The Morgan fingerprint density at radius 2 is 2.32 bits per heavy atom. The maximum Gasteiger partial charge on any atom is 0.256 e. The zero-order chi connectivity index (χ0) is 13.2. The monoisotopic (exact) mass is 258 g/mol. The molecule has 0 bridgehead atoms. The second kappa shape index (κ2) is 5.05. The molecule has 19 heavy (non-hydrogen) atoms. The molecule has 0 saturated carbocycles. The summed E-state index contributed by atoms with van der Waals surface area (Å²) in [4.78, 5) is 17.6. The van der Waals surface area contributed by atoms with Crippen LogP contribution in [0.3, 0.4) is 0 Å². The van der Waals surface area contributed by atoms with Crippen LogP contribution in [0.5, 0.6) is 0 Å². The van der Waals surface area contributed by atoms with Crippen molar-refractivity contribution in [1.29, 1.82) is 0 Å². The van der Waals surface area contributed by atoms with Crippen molar-refractivity contribution >= 4 is 16.8 Å². The van der Waals surface area contributed by atoms with E-state index in [9.17, 15) is 4.79 Å². The quantitative estimate of drug-likeness (QED) is 0.918. The molecule has 1 aliphatic rings. The van der Waals surface area contributed by atoms with Gasteiger partial charge < -0.3 is 14.6 Å². The summed E-state index contributed by atoms with van der Waals surface area (Å²) in [6.45, 7) is 2.36. The van der Waals surface area contributed by atoms with Gasteiger partial charge in [-0.3, -0.25) is 4.79 Å². The van der Waals surface area contributed by atoms with Crippen LogP contribution >= 0.6 is 0 Å². The summed E-state index contributed by atoms with van der Waals surface area (Å²) in [7, 11) is 1.71. The number of nitrogens with one attached hydrogen (secondary N) is 1. The third kappa shape index (κ3) is 2.24. The molecule has 1 aliphatic heterocycles. The van der Waals surface area contributed by atoms with Crippen LogP contribution < -0.4 is 0 Å². The van der Waals surface area contributed by atoms with Gasteiger partial charge in [-0.2, -0.15) is 0 Å². The van der Waals surface area contributed by atoms with Crippen molar-refractivity contribution in [2.45, 2.75) is 6.42 Å². The lowest BCUT2D eigenvalue weighted by molar-refractivity contribution is 0.0777. The molecule has 2 aromatic rings. The number of aromatic nitrogens is 1. The van der Waals surface area contributed by atoms with Gasteiger partial charge in [0, 0.05) is 43.2 Å². The van der Waals surface area contributed by atoms with Crippen LogP contribution in [-0.2, 0) is 4.74 Å². The zero-order valence-corrected chi connectivity index (χ0v) is 11.1. The van der Waals surface area contributed by atoms with Crippen LogP contribution in [0, 0.1) is 5.92 Å². The fourth-order valence-corrected chi connectivity index (χ4v) is 2.81. The van der Waals surface area contributed by atoms with Crippen molar-refractivity contribution in [1.82, 2.24) is 9.88 Å². The molecule has 0 spiro atoms. The molecule has 1 unspecified atom stereocenters. The predicted molar refractivity (Wildman–Crippen MR) is 74.2 cm³/mol. The number of rotatable bonds is 3. The second-order valence-electron chi connectivity index (χ2n) is 5.11. The number of nitrogens with zero attached hydrogens (tertiary/aromatic N) is 1. The van der Waals surface area contributed by atoms with Crippen LogP contribution in [0.4, 0.5) is 0 Å². The number of hydrogen-bond donors (Lipinski definition) is 1. The maximum atomic E-state index is 12.5. The Labute approximate surface area is 112 Å². The molecular weight excluding hydrogens is 240 g/mol. The van der Waals surface area contributed by atoms with Gasteiger partial charge in [0.15, 0.2) is 0 Å². The number of para-hydroxylation sites is 1. The van der Waals surface area contributed by atoms with Gasteiger partial charge >= 0.3 is 0 Å². The van der Waals surface area contributed by atoms with E-state index in [2.05, 4.69) is 4.98 Å². The van der Waals surface area contributed by atoms with Crippen molar-refractivity contribution in [2.24, 2.45) is 5.92 Å². The Hall–Kier alpha value is -1.81. The minimum atomic E-state index is 0.121. The Morgan fingerprint density at radius 1 is 1.47 bits per heavy atom. The van der Waals surface area contributed by atoms with Crippen molar-refractivity contribution in [3.05, 3.63) is 36.0 Å². The van der Waals surface area contributed by atoms with Crippen molar-refractivity contribution in [2.75, 3.05) is 26.8 Å². The molecule has 1 N–H and O–H groups in total. The van der Waals surface area contributed by atoms with E-state index in [1.165, 1.54) is 0 Å². The second-order valence-corrected chi connectivity index (χ2v) is 5.11. The number of methoxy groups -OCH3 is 1. The number of hydrogen-bond acceptors (Lipinski definition) is 2. The highest BCUT2D eigenvalue weighted by Crippen LogP contribution is 2.23. The van der Waals surface area contributed by atoms with E-state index in [1.54, 1.807) is 7.11 Å². The van der Waals surface area contributed by atoms with Gasteiger partial charge in [0.05, 0.1) is 12.2 Å². The summed E-state index contributed by atoms with van der Waals surface area (Å²) in [5, 5.41) is 1.00. The van der Waals surface area contributed by atoms with E-state index in [0.29, 0.717) is 5.92 Å². The summed E-state index contributed by atoms with van der Waals surface area (Å²) >= 11 is 0. The average Bonchev–Trinajstić information content (AvgIpc) is 3.05. The molecule has 100 valence electrons. The van der Waals surface area contributed by atoms with Crippen LogP contribution in [0.15, 0.2) is 30.5 Å². The van der Waals surface area contributed by atoms with Gasteiger partial charge in [0.25, 0.3) is 5.91 Å². The maximum absolute atomic E-state index is 12.5. The molecule has 1 aromatic carbocycles. The lowest BCUT2D eigenvalue weighted by atomic mass is 10.1. The highest BCUT2D eigenvalue weighted by atomic mass is 16.5. The number of H-pyrrole nitrogens is 1. The number of amides is 1. The van der Waals surface area contributed by atoms with Gasteiger partial charge in [-0.05, 0) is 12.5 Å². The van der Waals surface area contributed by atoms with Crippen molar-refractivity contribution in [3.63, 3.8) is 0 Å². The summed E-state index contributed by atoms with van der Waals surface area (Å²) in [5.74, 6) is 0.593. The number of aromatic amines is 1. The normalized spacial score (nSPS) is 19.2. The fraction of sp³-hybridized carbons (Fsp3) is 0.400. The summed E-state index contributed by atoms with van der Waals surface area (Å²) in [6.07, 6.45) is 2.85. The number of fused-ring (bicyclic) bond motifs is 1. The number of carbonyl (C=O) groups is 1. The summed E-state index contributed by atoms with van der Waals surface area (Å²) < 4.78 is 5.17. The third-order valence-corrected chi connectivity index (χ3v) is 3.80. The van der Waals surface area contributed by atoms with E-state index in [1.807, 2.05) is 35.4 Å². The van der Waals surface area contributed by atoms with Crippen molar-refractivity contribution in [3.8, 4) is 0 Å². The summed E-state index contributed by atoms with van der Waals surface area (Å²) in [5.41, 5.74) is 1.78. The smallest absolute Gasteiger partial charge is 0.256 e. The molecule has 1 fully saturated rings. The molecule has 1 atom stereocenters. The molecule has 2 heterocycles. The zero-order valence-electron chi connectivity index (χ0n) is 11.1. The standard InChI is InChI=1S/C15H18N2O2/c1-19-10-11-6-7-17(9-11)15(18)13-8-16-14-5-3-2-4-12(13)14/h2-5,8,11,16H,6-7,9-10H2,1H3. The largest absolute Gasteiger partial charge is 0.384 e. The molecule has 1 saturated heterocycles. The van der Waals surface area contributed by atoms with Crippen molar-refractivity contribution < 1.29 is 9.53 Å². The molecule has 4 nitrogen and oxygen atoms in total. The topological polar surface area (TPSA) is 45.3 Å².